The maximum atomic E-state index is 13.1. The van der Waals surface area contributed by atoms with Crippen LogP contribution in [0.1, 0.15) is 89.9 Å². The van der Waals surface area contributed by atoms with E-state index >= 15 is 0 Å². The first-order valence-electron chi connectivity index (χ1n) is 9.78. The molecule has 1 N–H and O–H groups in total. The Kier molecular flexibility index (Phi) is 10.7. The third-order valence-electron chi connectivity index (χ3n) is 4.88. The number of carbonyl (C=O) groups excluding carboxylic acids is 1. The standard InChI is InChI=1S/C19H33F2NO3/c20-19(21)13-15-22(16-14-19)17(23)11-9-7-5-3-1-2-4-6-8-10-12-18(24)25/h1-16H2,(H,24,25). The average Bonchev–Trinajstić information content (AvgIpc) is 2.55. The summed E-state index contributed by atoms with van der Waals surface area (Å²) in [6, 6.07) is 0. The molecule has 0 aromatic carbocycles. The van der Waals surface area contributed by atoms with E-state index in [1.165, 1.54) is 19.3 Å². The monoisotopic (exact) mass is 361 g/mol. The highest BCUT2D eigenvalue weighted by molar-refractivity contribution is 5.76. The van der Waals surface area contributed by atoms with Gasteiger partial charge < -0.3 is 10.0 Å². The minimum Gasteiger partial charge on any atom is -0.481 e. The molecule has 1 aliphatic heterocycles. The Morgan fingerprint density at radius 3 is 1.60 bits per heavy atom. The Morgan fingerprint density at radius 1 is 0.760 bits per heavy atom. The van der Waals surface area contributed by atoms with Crippen LogP contribution in [-0.4, -0.2) is 40.9 Å². The Hall–Kier alpha value is -1.20. The molecule has 0 bridgehead atoms. The van der Waals surface area contributed by atoms with E-state index in [4.69, 9.17) is 5.11 Å². The first-order valence-corrected chi connectivity index (χ1v) is 9.78. The van der Waals surface area contributed by atoms with Crippen molar-refractivity contribution in [1.82, 2.24) is 4.90 Å². The zero-order valence-electron chi connectivity index (χ0n) is 15.3. The molecule has 1 saturated heterocycles. The lowest BCUT2D eigenvalue weighted by Crippen LogP contribution is -2.42. The van der Waals surface area contributed by atoms with Crippen molar-refractivity contribution in [2.45, 2.75) is 95.8 Å². The summed E-state index contributed by atoms with van der Waals surface area (Å²) in [5.41, 5.74) is 0. The molecule has 1 heterocycles. The molecule has 4 nitrogen and oxygen atoms in total. The van der Waals surface area contributed by atoms with Crippen molar-refractivity contribution in [1.29, 1.82) is 0 Å². The highest BCUT2D eigenvalue weighted by Crippen LogP contribution is 2.28. The normalized spacial score (nSPS) is 16.8. The molecule has 1 aliphatic rings. The van der Waals surface area contributed by atoms with Crippen LogP contribution in [0.25, 0.3) is 0 Å². The SMILES string of the molecule is O=C(O)CCCCCCCCCCCCC(=O)N1CCC(F)(F)CC1. The Bertz CT molecular complexity index is 392. The fourth-order valence-corrected chi connectivity index (χ4v) is 3.21. The van der Waals surface area contributed by atoms with Gasteiger partial charge in [0.25, 0.3) is 5.92 Å². The molecule has 0 saturated carbocycles. The van der Waals surface area contributed by atoms with E-state index in [-0.39, 0.29) is 38.3 Å². The lowest BCUT2D eigenvalue weighted by Gasteiger charge is -2.31. The smallest absolute Gasteiger partial charge is 0.303 e. The summed E-state index contributed by atoms with van der Waals surface area (Å²) in [6.45, 7) is 0.386. The number of halogens is 2. The van der Waals surface area contributed by atoms with Crippen molar-refractivity contribution in [3.63, 3.8) is 0 Å². The second-order valence-corrected chi connectivity index (χ2v) is 7.17. The Labute approximate surface area is 150 Å². The predicted molar refractivity (Wildman–Crippen MR) is 93.8 cm³/mol. The Morgan fingerprint density at radius 2 is 1.16 bits per heavy atom. The van der Waals surface area contributed by atoms with Crippen LogP contribution in [0.5, 0.6) is 0 Å². The zero-order chi connectivity index (χ0) is 18.5. The van der Waals surface area contributed by atoms with Crippen molar-refractivity contribution in [3.8, 4) is 0 Å². The fourth-order valence-electron chi connectivity index (χ4n) is 3.21. The van der Waals surface area contributed by atoms with Gasteiger partial charge in [-0.05, 0) is 12.8 Å². The summed E-state index contributed by atoms with van der Waals surface area (Å²) >= 11 is 0. The summed E-state index contributed by atoms with van der Waals surface area (Å²) in [5.74, 6) is -3.28. The van der Waals surface area contributed by atoms with Crippen molar-refractivity contribution >= 4 is 11.9 Å². The maximum Gasteiger partial charge on any atom is 0.303 e. The van der Waals surface area contributed by atoms with Gasteiger partial charge in [-0.25, -0.2) is 8.78 Å². The van der Waals surface area contributed by atoms with Gasteiger partial charge in [-0.1, -0.05) is 51.4 Å². The van der Waals surface area contributed by atoms with Crippen molar-refractivity contribution < 1.29 is 23.5 Å². The maximum absolute atomic E-state index is 13.1. The number of alkyl halides is 2. The molecule has 146 valence electrons. The van der Waals surface area contributed by atoms with Crippen molar-refractivity contribution in [2.24, 2.45) is 0 Å². The van der Waals surface area contributed by atoms with E-state index in [2.05, 4.69) is 0 Å². The highest BCUT2D eigenvalue weighted by atomic mass is 19.3. The van der Waals surface area contributed by atoms with Crippen molar-refractivity contribution in [3.05, 3.63) is 0 Å². The fraction of sp³-hybridized carbons (Fsp3) is 0.895. The number of carboxylic acid groups (broad SMARTS) is 1. The van der Waals surface area contributed by atoms with Gasteiger partial charge in [0.05, 0.1) is 0 Å². The molecule has 1 amide bonds. The molecule has 0 aromatic rings. The molecule has 0 aromatic heterocycles. The number of aliphatic carboxylic acids is 1. The largest absolute Gasteiger partial charge is 0.481 e. The van der Waals surface area contributed by atoms with Gasteiger partial charge in [0.1, 0.15) is 0 Å². The van der Waals surface area contributed by atoms with Gasteiger partial charge >= 0.3 is 5.97 Å². The minimum absolute atomic E-state index is 0.0249. The number of likely N-dealkylation sites (tertiary alicyclic amines) is 1. The number of hydrogen-bond acceptors (Lipinski definition) is 2. The molecule has 0 spiro atoms. The summed E-state index contributed by atoms with van der Waals surface area (Å²) in [7, 11) is 0. The number of hydrogen-bond donors (Lipinski definition) is 1. The van der Waals surface area contributed by atoms with Gasteiger partial charge in [-0.2, -0.15) is 0 Å². The van der Waals surface area contributed by atoms with Crippen LogP contribution in [0.3, 0.4) is 0 Å². The molecule has 0 atom stereocenters. The van der Waals surface area contributed by atoms with Crippen LogP contribution < -0.4 is 0 Å². The topological polar surface area (TPSA) is 57.6 Å². The molecule has 1 rings (SSSR count). The molecule has 0 aliphatic carbocycles. The van der Waals surface area contributed by atoms with Gasteiger partial charge in [0.15, 0.2) is 0 Å². The average molecular weight is 361 g/mol. The number of amides is 1. The molecule has 1 fully saturated rings. The van der Waals surface area contributed by atoms with E-state index in [0.29, 0.717) is 6.42 Å². The molecular formula is C19H33F2NO3. The molecule has 25 heavy (non-hydrogen) atoms. The number of unbranched alkanes of at least 4 members (excludes halogenated alkanes) is 9. The first kappa shape index (κ1) is 21.8. The van der Waals surface area contributed by atoms with Crippen molar-refractivity contribution in [2.75, 3.05) is 13.1 Å². The number of rotatable bonds is 13. The van der Waals surface area contributed by atoms with Gasteiger partial charge in [0.2, 0.25) is 5.91 Å². The molecular weight excluding hydrogens is 328 g/mol. The summed E-state index contributed by atoms with van der Waals surface area (Å²) in [5, 5.41) is 8.53. The van der Waals surface area contributed by atoms with Crippen LogP contribution in [-0.2, 0) is 9.59 Å². The first-order chi connectivity index (χ1) is 11.9. The third-order valence-corrected chi connectivity index (χ3v) is 4.88. The van der Waals surface area contributed by atoms with Crippen LogP contribution in [0, 0.1) is 0 Å². The van der Waals surface area contributed by atoms with Crippen LogP contribution in [0.2, 0.25) is 0 Å². The quantitative estimate of drug-likeness (QED) is 0.469. The highest BCUT2D eigenvalue weighted by Gasteiger charge is 2.35. The zero-order valence-corrected chi connectivity index (χ0v) is 15.3. The second-order valence-electron chi connectivity index (χ2n) is 7.17. The number of nitrogens with zero attached hydrogens (tertiary/aromatic N) is 1. The van der Waals surface area contributed by atoms with Crippen LogP contribution in [0.15, 0.2) is 0 Å². The molecule has 6 heteroatoms. The summed E-state index contributed by atoms with van der Waals surface area (Å²) < 4.78 is 26.1. The molecule has 0 radical (unpaired) electrons. The van der Waals surface area contributed by atoms with E-state index < -0.39 is 11.9 Å². The predicted octanol–water partition coefficient (Wildman–Crippen LogP) is 5.01. The van der Waals surface area contributed by atoms with Gasteiger partial charge in [-0.3, -0.25) is 9.59 Å². The van der Waals surface area contributed by atoms with Gasteiger partial charge in [-0.15, -0.1) is 0 Å². The number of carbonyl (C=O) groups is 2. The lowest BCUT2D eigenvalue weighted by molar-refractivity contribution is -0.138. The molecule has 0 unspecified atom stereocenters. The second kappa shape index (κ2) is 12.2. The Balaban J connectivity index is 1.86. The lowest BCUT2D eigenvalue weighted by atomic mass is 10.0. The van der Waals surface area contributed by atoms with Gasteiger partial charge in [0, 0.05) is 38.8 Å². The summed E-state index contributed by atoms with van der Waals surface area (Å²) in [6.07, 6.45) is 10.9. The number of piperidine rings is 1. The van der Waals surface area contributed by atoms with Crippen LogP contribution in [0.4, 0.5) is 8.78 Å². The van der Waals surface area contributed by atoms with E-state index in [1.54, 1.807) is 4.90 Å². The number of carboxylic acids is 1. The van der Waals surface area contributed by atoms with E-state index in [0.717, 1.165) is 44.9 Å². The van der Waals surface area contributed by atoms with Crippen LogP contribution >= 0.6 is 0 Å². The van der Waals surface area contributed by atoms with E-state index in [9.17, 15) is 18.4 Å². The van der Waals surface area contributed by atoms with E-state index in [1.807, 2.05) is 0 Å². The summed E-state index contributed by atoms with van der Waals surface area (Å²) in [4.78, 5) is 23.9. The minimum atomic E-state index is -2.59. The third kappa shape index (κ3) is 11.1.